The summed E-state index contributed by atoms with van der Waals surface area (Å²) in [5, 5.41) is 10.1. The van der Waals surface area contributed by atoms with Gasteiger partial charge in [-0.15, -0.1) is 11.3 Å². The fourth-order valence-electron chi connectivity index (χ4n) is 9.05. The average molecular weight is 793 g/mol. The predicted molar refractivity (Wildman–Crippen MR) is 260 cm³/mol. The molecule has 0 N–H and O–H groups in total. The second kappa shape index (κ2) is 14.5. The summed E-state index contributed by atoms with van der Waals surface area (Å²) in [5.41, 5.74) is 12.0. The molecule has 0 unspecified atom stereocenters. The first-order valence-corrected chi connectivity index (χ1v) is 21.5. The van der Waals surface area contributed by atoms with Gasteiger partial charge in [-0.05, 0) is 83.9 Å². The van der Waals surface area contributed by atoms with Crippen LogP contribution in [0, 0.1) is 0 Å². The molecule has 0 bridgehead atoms. The van der Waals surface area contributed by atoms with E-state index in [4.69, 9.17) is 9.97 Å². The van der Waals surface area contributed by atoms with E-state index in [9.17, 15) is 0 Å². The second-order valence-corrected chi connectivity index (χ2v) is 16.7. The van der Waals surface area contributed by atoms with Gasteiger partial charge in [-0.1, -0.05) is 200 Å². The molecule has 0 saturated heterocycles. The molecule has 0 fully saturated rings. The monoisotopic (exact) mass is 792 g/mol. The molecule has 0 saturated carbocycles. The first-order valence-electron chi connectivity index (χ1n) is 20.7. The quantitative estimate of drug-likeness (QED) is 0.124. The van der Waals surface area contributed by atoms with Crippen LogP contribution in [0.2, 0.25) is 0 Å². The summed E-state index contributed by atoms with van der Waals surface area (Å²) in [6.45, 7) is 0. The Bertz CT molecular complexity index is 3610. The van der Waals surface area contributed by atoms with E-state index in [-0.39, 0.29) is 0 Å². The Morgan fingerprint density at radius 2 is 0.852 bits per heavy atom. The largest absolute Gasteiger partial charge is 0.228 e. The van der Waals surface area contributed by atoms with Crippen LogP contribution in [0.3, 0.4) is 0 Å². The minimum atomic E-state index is 0.697. The summed E-state index contributed by atoms with van der Waals surface area (Å²) in [6.07, 6.45) is 0. The second-order valence-electron chi connectivity index (χ2n) is 15.7. The Morgan fingerprint density at radius 1 is 0.295 bits per heavy atom. The van der Waals surface area contributed by atoms with Crippen LogP contribution in [0.4, 0.5) is 0 Å². The van der Waals surface area contributed by atoms with Crippen molar-refractivity contribution in [3.8, 4) is 67.3 Å². The molecular weight excluding hydrogens is 757 g/mol. The molecule has 12 rings (SSSR count). The van der Waals surface area contributed by atoms with Gasteiger partial charge in [-0.2, -0.15) is 0 Å². The molecule has 2 nitrogen and oxygen atoms in total. The van der Waals surface area contributed by atoms with Crippen molar-refractivity contribution in [2.45, 2.75) is 0 Å². The van der Waals surface area contributed by atoms with Crippen LogP contribution in [-0.2, 0) is 0 Å². The zero-order valence-corrected chi connectivity index (χ0v) is 33.9. The highest BCUT2D eigenvalue weighted by Crippen LogP contribution is 2.42. The van der Waals surface area contributed by atoms with Gasteiger partial charge in [0.05, 0.1) is 11.4 Å². The lowest BCUT2D eigenvalue weighted by Crippen LogP contribution is -1.96. The molecule has 12 aromatic rings. The van der Waals surface area contributed by atoms with Crippen LogP contribution >= 0.6 is 11.3 Å². The topological polar surface area (TPSA) is 25.8 Å². The lowest BCUT2D eigenvalue weighted by Gasteiger charge is -2.15. The van der Waals surface area contributed by atoms with E-state index in [2.05, 4.69) is 212 Å². The van der Waals surface area contributed by atoms with Gasteiger partial charge in [0, 0.05) is 36.9 Å². The minimum absolute atomic E-state index is 0.697. The minimum Gasteiger partial charge on any atom is -0.228 e. The Hall–Kier alpha value is -7.72. The van der Waals surface area contributed by atoms with Gasteiger partial charge in [-0.25, -0.2) is 9.97 Å². The molecule has 10 aromatic carbocycles. The number of aromatic nitrogens is 2. The normalized spacial score (nSPS) is 11.6. The summed E-state index contributed by atoms with van der Waals surface area (Å²) in [7, 11) is 0. The predicted octanol–water partition coefficient (Wildman–Crippen LogP) is 16.3. The number of thiophene rings is 1. The Balaban J connectivity index is 0.967. The zero-order valence-electron chi connectivity index (χ0n) is 33.1. The van der Waals surface area contributed by atoms with Gasteiger partial charge >= 0.3 is 0 Å². The van der Waals surface area contributed by atoms with Gasteiger partial charge < -0.3 is 0 Å². The number of nitrogens with zero attached hydrogens (tertiary/aromatic N) is 2. The molecule has 0 atom stereocenters. The molecular formula is C58H36N2S. The summed E-state index contributed by atoms with van der Waals surface area (Å²) in [6, 6.07) is 78.7. The molecule has 0 radical (unpaired) electrons. The molecule has 3 heteroatoms. The Labute approximate surface area is 357 Å². The third kappa shape index (κ3) is 6.18. The SMILES string of the molecule is c1ccc(-c2ccc(-c3nc(-c4ccc(-c5c6ccccc6cc6c5ccc5ccccc56)cc4)cc(-c4ccc(-c5cccc6c5sc5ccccc56)cc4)n3)cc2)cc1. The zero-order chi connectivity index (χ0) is 40.3. The molecule has 284 valence electrons. The molecule has 0 aliphatic carbocycles. The lowest BCUT2D eigenvalue weighted by molar-refractivity contribution is 1.18. The first-order chi connectivity index (χ1) is 30.2. The molecule has 0 aliphatic heterocycles. The van der Waals surface area contributed by atoms with Crippen molar-refractivity contribution in [2.24, 2.45) is 0 Å². The van der Waals surface area contributed by atoms with Crippen molar-refractivity contribution in [3.63, 3.8) is 0 Å². The van der Waals surface area contributed by atoms with Gasteiger partial charge in [0.25, 0.3) is 0 Å². The molecule has 61 heavy (non-hydrogen) atoms. The van der Waals surface area contributed by atoms with Gasteiger partial charge in [0.1, 0.15) is 0 Å². The van der Waals surface area contributed by atoms with E-state index in [1.165, 1.54) is 80.3 Å². The van der Waals surface area contributed by atoms with Crippen molar-refractivity contribution < 1.29 is 0 Å². The lowest BCUT2D eigenvalue weighted by atomic mass is 9.89. The highest BCUT2D eigenvalue weighted by atomic mass is 32.1. The summed E-state index contributed by atoms with van der Waals surface area (Å²) < 4.78 is 2.63. The van der Waals surface area contributed by atoms with Crippen molar-refractivity contribution in [1.82, 2.24) is 9.97 Å². The number of rotatable bonds is 6. The van der Waals surface area contributed by atoms with Crippen LogP contribution in [0.15, 0.2) is 218 Å². The van der Waals surface area contributed by atoms with Crippen LogP contribution in [0.25, 0.3) is 120 Å². The summed E-state index contributed by atoms with van der Waals surface area (Å²) in [4.78, 5) is 10.5. The maximum absolute atomic E-state index is 5.25. The third-order valence-electron chi connectivity index (χ3n) is 12.1. The van der Waals surface area contributed by atoms with E-state index in [1.54, 1.807) is 0 Å². The fourth-order valence-corrected chi connectivity index (χ4v) is 10.3. The van der Waals surface area contributed by atoms with Gasteiger partial charge in [-0.3, -0.25) is 0 Å². The highest BCUT2D eigenvalue weighted by molar-refractivity contribution is 7.26. The van der Waals surface area contributed by atoms with E-state index in [1.807, 2.05) is 17.4 Å². The number of fused-ring (bicyclic) bond motifs is 7. The standard InChI is InChI=1S/C58H36N2S/c1-2-11-37(12-3-1)38-21-31-44(32-22-38)58-59-53(41-25-23-40(24-26-41)48-18-10-19-51-49-17-8-9-20-55(49)61-57(48)51)36-54(60-58)42-27-29-43(30-28-42)56-47-16-7-5-14-45(47)35-52-46-15-6-4-13-39(46)33-34-50(52)56/h1-36H. The average Bonchev–Trinajstić information content (AvgIpc) is 3.73. The maximum atomic E-state index is 5.25. The van der Waals surface area contributed by atoms with Crippen LogP contribution in [-0.4, -0.2) is 9.97 Å². The molecule has 0 aliphatic rings. The maximum Gasteiger partial charge on any atom is 0.160 e. The molecule has 2 heterocycles. The van der Waals surface area contributed by atoms with Gasteiger partial charge in [0.2, 0.25) is 0 Å². The van der Waals surface area contributed by atoms with Crippen molar-refractivity contribution >= 4 is 63.8 Å². The Kier molecular flexibility index (Phi) is 8.39. The van der Waals surface area contributed by atoms with Crippen LogP contribution in [0.1, 0.15) is 0 Å². The van der Waals surface area contributed by atoms with E-state index in [0.29, 0.717) is 5.82 Å². The fraction of sp³-hybridized carbons (Fsp3) is 0. The van der Waals surface area contributed by atoms with Crippen molar-refractivity contribution in [2.75, 3.05) is 0 Å². The smallest absolute Gasteiger partial charge is 0.160 e. The van der Waals surface area contributed by atoms with E-state index in [0.717, 1.165) is 33.6 Å². The summed E-state index contributed by atoms with van der Waals surface area (Å²) in [5.74, 6) is 0.697. The Morgan fingerprint density at radius 3 is 1.61 bits per heavy atom. The third-order valence-corrected chi connectivity index (χ3v) is 13.3. The van der Waals surface area contributed by atoms with Crippen LogP contribution < -0.4 is 0 Å². The summed E-state index contributed by atoms with van der Waals surface area (Å²) >= 11 is 1.86. The van der Waals surface area contributed by atoms with Gasteiger partial charge in [0.15, 0.2) is 5.82 Å². The number of benzene rings is 10. The molecule has 0 amide bonds. The van der Waals surface area contributed by atoms with Crippen LogP contribution in [0.5, 0.6) is 0 Å². The van der Waals surface area contributed by atoms with Crippen molar-refractivity contribution in [3.05, 3.63) is 218 Å². The number of hydrogen-bond acceptors (Lipinski definition) is 3. The van der Waals surface area contributed by atoms with E-state index >= 15 is 0 Å². The van der Waals surface area contributed by atoms with E-state index < -0.39 is 0 Å². The molecule has 0 spiro atoms. The first kappa shape index (κ1) is 35.2. The number of hydrogen-bond donors (Lipinski definition) is 0. The van der Waals surface area contributed by atoms with Crippen molar-refractivity contribution in [1.29, 1.82) is 0 Å². The highest BCUT2D eigenvalue weighted by Gasteiger charge is 2.16. The molecule has 2 aromatic heterocycles.